The van der Waals surface area contributed by atoms with Crippen LogP contribution in [-0.4, -0.2) is 35.4 Å². The Morgan fingerprint density at radius 1 is 1.05 bits per heavy atom. The number of carbonyl (C=O) groups is 1. The van der Waals surface area contributed by atoms with Crippen molar-refractivity contribution in [3.63, 3.8) is 0 Å². The Labute approximate surface area is 122 Å². The van der Waals surface area contributed by atoms with Gasteiger partial charge in [0.15, 0.2) is 0 Å². The van der Waals surface area contributed by atoms with E-state index in [1.165, 1.54) is 0 Å². The fourth-order valence-electron chi connectivity index (χ4n) is 1.84. The van der Waals surface area contributed by atoms with Crippen LogP contribution >= 0.6 is 0 Å². The van der Waals surface area contributed by atoms with Crippen LogP contribution < -0.4 is 10.6 Å². The predicted molar refractivity (Wildman–Crippen MR) is 80.0 cm³/mol. The molecule has 6 heteroatoms. The van der Waals surface area contributed by atoms with Gasteiger partial charge in [-0.15, -0.1) is 0 Å². The summed E-state index contributed by atoms with van der Waals surface area (Å²) < 4.78 is 8.62. The molecule has 1 aromatic heterocycles. The molecule has 0 atom stereocenters. The molecule has 100 valence electrons. The van der Waals surface area contributed by atoms with Gasteiger partial charge in [-0.3, -0.25) is 0 Å². The van der Waals surface area contributed by atoms with Crippen LogP contribution in [0.1, 0.15) is 0 Å². The number of nitrogens with zero attached hydrogens (tertiary/aromatic N) is 2. The molecule has 0 saturated heterocycles. The molecule has 0 aliphatic heterocycles. The summed E-state index contributed by atoms with van der Waals surface area (Å²) in [6.07, 6.45) is 0. The van der Waals surface area contributed by atoms with Crippen LogP contribution in [0.3, 0.4) is 0 Å². The van der Waals surface area contributed by atoms with Crippen molar-refractivity contribution in [2.45, 2.75) is 0 Å². The van der Waals surface area contributed by atoms with E-state index in [9.17, 15) is 4.79 Å². The third-order valence-electron chi connectivity index (χ3n) is 2.79. The Bertz CT molecular complexity index is 726. The summed E-state index contributed by atoms with van der Waals surface area (Å²) in [5.74, 6) is -0.100. The van der Waals surface area contributed by atoms with Crippen molar-refractivity contribution in [2.75, 3.05) is 17.2 Å². The van der Waals surface area contributed by atoms with Crippen molar-refractivity contribution in [1.29, 1.82) is 0 Å². The summed E-state index contributed by atoms with van der Waals surface area (Å²) in [6, 6.07) is 15.3. The second kappa shape index (κ2) is 5.86. The minimum absolute atomic E-state index is 0.0918. The molecule has 3 rings (SSSR count). The first-order chi connectivity index (χ1) is 9.83. The zero-order valence-electron chi connectivity index (χ0n) is 10.5. The molecule has 0 saturated carbocycles. The van der Waals surface area contributed by atoms with Gasteiger partial charge in [-0.25, -0.2) is 0 Å². The van der Waals surface area contributed by atoms with Crippen LogP contribution in [0, 0.1) is 0 Å². The summed E-state index contributed by atoms with van der Waals surface area (Å²) >= 11 is -0.0918. The molecule has 5 nitrogen and oxygen atoms in total. The number of para-hydroxylation sites is 1. The number of aromatic nitrogens is 2. The zero-order valence-corrected chi connectivity index (χ0v) is 12.2. The summed E-state index contributed by atoms with van der Waals surface area (Å²) in [4.78, 5) is 11.9. The average molecular weight is 331 g/mol. The molecular weight excluding hydrogens is 319 g/mol. The van der Waals surface area contributed by atoms with E-state index in [0.29, 0.717) is 0 Å². The molecule has 3 aromatic rings. The molecule has 20 heavy (non-hydrogen) atoms. The molecule has 2 aromatic carbocycles. The first-order valence-electron chi connectivity index (χ1n) is 6.13. The van der Waals surface area contributed by atoms with Gasteiger partial charge < -0.3 is 0 Å². The third-order valence-corrected chi connectivity index (χ3v) is 3.93. The summed E-state index contributed by atoms with van der Waals surface area (Å²) in [7, 11) is 0. The van der Waals surface area contributed by atoms with Crippen molar-refractivity contribution in [2.24, 2.45) is 0 Å². The molecule has 0 spiro atoms. The van der Waals surface area contributed by atoms with E-state index in [4.69, 9.17) is 0 Å². The Balaban J connectivity index is 1.66. The van der Waals surface area contributed by atoms with Gasteiger partial charge in [0, 0.05) is 0 Å². The maximum absolute atomic E-state index is 11.9. The fourth-order valence-corrected chi connectivity index (χ4v) is 2.99. The molecule has 1 amide bonds. The minimum atomic E-state index is -0.100. The van der Waals surface area contributed by atoms with Crippen molar-refractivity contribution < 1.29 is 4.79 Å². The molecule has 0 unspecified atom stereocenters. The van der Waals surface area contributed by atoms with E-state index < -0.39 is 0 Å². The number of hydrogen-bond acceptors (Lipinski definition) is 4. The monoisotopic (exact) mass is 332 g/mol. The number of carbonyl (C=O) groups excluding carboxylic acids is 1. The molecule has 2 N–H and O–H groups in total. The van der Waals surface area contributed by atoms with Gasteiger partial charge in [0.1, 0.15) is 0 Å². The number of amides is 1. The topological polar surface area (TPSA) is 66.9 Å². The third kappa shape index (κ3) is 2.87. The molecule has 0 fully saturated rings. The summed E-state index contributed by atoms with van der Waals surface area (Å²) in [5.41, 5.74) is 3.30. The van der Waals surface area contributed by atoms with E-state index in [-0.39, 0.29) is 27.4 Å². The summed E-state index contributed by atoms with van der Waals surface area (Å²) in [6.45, 7) is 0.218. The molecule has 0 aliphatic carbocycles. The Morgan fingerprint density at radius 3 is 2.75 bits per heavy atom. The van der Waals surface area contributed by atoms with Crippen molar-refractivity contribution in [3.05, 3.63) is 48.5 Å². The quantitative estimate of drug-likeness (QED) is 0.715. The number of benzene rings is 2. The number of hydrogen-bond donors (Lipinski definition) is 2. The molecule has 0 aliphatic rings. The Kier molecular flexibility index (Phi) is 3.76. The normalized spacial score (nSPS) is 10.4. The van der Waals surface area contributed by atoms with E-state index in [2.05, 4.69) is 18.6 Å². The fraction of sp³-hybridized carbons (Fsp3) is 0.0714. The average Bonchev–Trinajstić information content (AvgIpc) is 2.96. The van der Waals surface area contributed by atoms with E-state index in [1.54, 1.807) is 0 Å². The van der Waals surface area contributed by atoms with Gasteiger partial charge in [0.05, 0.1) is 0 Å². The van der Waals surface area contributed by atoms with E-state index in [1.807, 2.05) is 48.5 Å². The number of nitrogens with one attached hydrogen (secondary N) is 2. The Morgan fingerprint density at radius 2 is 1.90 bits per heavy atom. The van der Waals surface area contributed by atoms with Crippen LogP contribution in [0.4, 0.5) is 11.4 Å². The number of anilines is 2. The standard InChI is InChI=1S/C14H12N4OSe/c19-13(9-15-10-5-2-1-3-6-10)16-11-7-4-8-12-14(11)18-20-17-12/h1-8,15H,9H2,(H,16,19). The first-order valence-corrected chi connectivity index (χ1v) is 7.66. The first kappa shape index (κ1) is 12.8. The van der Waals surface area contributed by atoms with Crippen LogP contribution in [-0.2, 0) is 4.79 Å². The molecule has 0 radical (unpaired) electrons. The molecular formula is C14H12N4OSe. The van der Waals surface area contributed by atoms with Gasteiger partial charge in [-0.2, -0.15) is 0 Å². The van der Waals surface area contributed by atoms with Gasteiger partial charge in [0.25, 0.3) is 0 Å². The number of fused-ring (bicyclic) bond motifs is 1. The van der Waals surface area contributed by atoms with Crippen molar-refractivity contribution >= 4 is 43.3 Å². The van der Waals surface area contributed by atoms with Crippen molar-refractivity contribution in [3.8, 4) is 0 Å². The Hall–Kier alpha value is -2.17. The van der Waals surface area contributed by atoms with Gasteiger partial charge in [0.2, 0.25) is 0 Å². The van der Waals surface area contributed by atoms with E-state index in [0.717, 1.165) is 22.4 Å². The second-order valence-electron chi connectivity index (χ2n) is 4.21. The SMILES string of the molecule is O=C(CNc1ccccc1)Nc1cccc2n[se]nc12. The van der Waals surface area contributed by atoms with E-state index >= 15 is 0 Å². The van der Waals surface area contributed by atoms with Crippen LogP contribution in [0.15, 0.2) is 48.5 Å². The van der Waals surface area contributed by atoms with Crippen molar-refractivity contribution in [1.82, 2.24) is 7.96 Å². The van der Waals surface area contributed by atoms with Gasteiger partial charge in [-0.1, -0.05) is 0 Å². The van der Waals surface area contributed by atoms with Crippen LogP contribution in [0.2, 0.25) is 0 Å². The van der Waals surface area contributed by atoms with Crippen LogP contribution in [0.5, 0.6) is 0 Å². The maximum atomic E-state index is 11.9. The number of rotatable bonds is 4. The van der Waals surface area contributed by atoms with Gasteiger partial charge >= 0.3 is 122 Å². The second-order valence-corrected chi connectivity index (χ2v) is 5.31. The molecule has 1 heterocycles. The van der Waals surface area contributed by atoms with Gasteiger partial charge in [-0.05, 0) is 0 Å². The van der Waals surface area contributed by atoms with Crippen LogP contribution in [0.25, 0.3) is 11.0 Å². The predicted octanol–water partition coefficient (Wildman–Crippen LogP) is 1.74. The summed E-state index contributed by atoms with van der Waals surface area (Å²) in [5, 5.41) is 5.94. The zero-order chi connectivity index (χ0) is 13.8. The molecule has 0 bridgehead atoms.